The molecule has 0 bridgehead atoms. The highest BCUT2D eigenvalue weighted by molar-refractivity contribution is 6.05. The van der Waals surface area contributed by atoms with Gasteiger partial charge in [-0.15, -0.1) is 0 Å². The Morgan fingerprint density at radius 1 is 0.373 bits per heavy atom. The second kappa shape index (κ2) is 11.2. The zero-order valence-electron chi connectivity index (χ0n) is 28.8. The van der Waals surface area contributed by atoms with Gasteiger partial charge in [0.05, 0.1) is 5.41 Å². The maximum absolute atomic E-state index is 2.45. The SMILES string of the molecule is CC1(C)c2ccccc2-c2ccc(N(c3ccccc3)c3ccc4c(c3)-c3c(ccc5ccccc35)C4(c3ccccc3)c3ccccc3)cc21. The molecule has 0 unspecified atom stereocenters. The van der Waals surface area contributed by atoms with Crippen molar-refractivity contribution >= 4 is 27.8 Å². The first-order valence-electron chi connectivity index (χ1n) is 17.9. The van der Waals surface area contributed by atoms with E-state index in [1.54, 1.807) is 0 Å². The first-order valence-corrected chi connectivity index (χ1v) is 17.9. The van der Waals surface area contributed by atoms with Gasteiger partial charge < -0.3 is 4.90 Å². The number of para-hydroxylation sites is 1. The van der Waals surface area contributed by atoms with Crippen LogP contribution in [0.25, 0.3) is 33.0 Å². The van der Waals surface area contributed by atoms with Gasteiger partial charge in [-0.3, -0.25) is 0 Å². The highest BCUT2D eigenvalue weighted by Gasteiger charge is 2.47. The Morgan fingerprint density at radius 3 is 1.69 bits per heavy atom. The number of hydrogen-bond donors (Lipinski definition) is 0. The quantitative estimate of drug-likeness (QED) is 0.179. The molecule has 0 atom stereocenters. The van der Waals surface area contributed by atoms with E-state index in [4.69, 9.17) is 0 Å². The average molecular weight is 652 g/mol. The smallest absolute Gasteiger partial charge is 0.0713 e. The first kappa shape index (κ1) is 29.7. The van der Waals surface area contributed by atoms with Gasteiger partial charge in [-0.1, -0.05) is 166 Å². The first-order chi connectivity index (χ1) is 25.1. The van der Waals surface area contributed by atoms with E-state index in [1.165, 1.54) is 66.4 Å². The molecule has 0 spiro atoms. The summed E-state index contributed by atoms with van der Waals surface area (Å²) >= 11 is 0. The van der Waals surface area contributed by atoms with E-state index in [0.29, 0.717) is 0 Å². The van der Waals surface area contributed by atoms with Gasteiger partial charge in [-0.25, -0.2) is 0 Å². The summed E-state index contributed by atoms with van der Waals surface area (Å²) in [7, 11) is 0. The number of anilines is 3. The maximum Gasteiger partial charge on any atom is 0.0713 e. The number of rotatable bonds is 5. The average Bonchev–Trinajstić information content (AvgIpc) is 3.62. The predicted octanol–water partition coefficient (Wildman–Crippen LogP) is 13.0. The van der Waals surface area contributed by atoms with E-state index in [-0.39, 0.29) is 5.41 Å². The summed E-state index contributed by atoms with van der Waals surface area (Å²) in [6.45, 7) is 4.72. The van der Waals surface area contributed by atoms with E-state index in [2.05, 4.69) is 207 Å². The van der Waals surface area contributed by atoms with Crippen LogP contribution in [0.4, 0.5) is 17.1 Å². The molecule has 1 heteroatoms. The third-order valence-electron chi connectivity index (χ3n) is 11.5. The van der Waals surface area contributed by atoms with Gasteiger partial charge in [-0.2, -0.15) is 0 Å². The lowest BCUT2D eigenvalue weighted by Gasteiger charge is -2.34. The fraction of sp³-hybridized carbons (Fsp3) is 0.0800. The van der Waals surface area contributed by atoms with Crippen LogP contribution in [0.15, 0.2) is 188 Å². The molecular formula is C50H37N. The Balaban J connectivity index is 1.25. The van der Waals surface area contributed by atoms with Crippen molar-refractivity contribution in [2.45, 2.75) is 24.7 Å². The summed E-state index contributed by atoms with van der Waals surface area (Å²) in [6, 6.07) is 69.7. The van der Waals surface area contributed by atoms with Crippen LogP contribution in [0.5, 0.6) is 0 Å². The minimum absolute atomic E-state index is 0.0922. The van der Waals surface area contributed by atoms with Crippen LogP contribution < -0.4 is 4.90 Å². The predicted molar refractivity (Wildman–Crippen MR) is 213 cm³/mol. The molecule has 2 aliphatic carbocycles. The molecular weight excluding hydrogens is 615 g/mol. The number of benzene rings is 8. The molecule has 0 saturated carbocycles. The fourth-order valence-electron chi connectivity index (χ4n) is 9.25. The summed E-state index contributed by atoms with van der Waals surface area (Å²) in [5.41, 5.74) is 16.1. The van der Waals surface area contributed by atoms with Gasteiger partial charge in [0.1, 0.15) is 0 Å². The molecule has 0 amide bonds. The Morgan fingerprint density at radius 2 is 0.941 bits per heavy atom. The van der Waals surface area contributed by atoms with Crippen LogP contribution in [0, 0.1) is 0 Å². The van der Waals surface area contributed by atoms with Crippen molar-refractivity contribution in [1.82, 2.24) is 0 Å². The highest BCUT2D eigenvalue weighted by atomic mass is 15.1. The van der Waals surface area contributed by atoms with Crippen LogP contribution in [0.1, 0.15) is 47.2 Å². The highest BCUT2D eigenvalue weighted by Crippen LogP contribution is 2.59. The molecule has 0 heterocycles. The minimum Gasteiger partial charge on any atom is -0.310 e. The molecule has 2 aliphatic rings. The second-order valence-electron chi connectivity index (χ2n) is 14.5. The summed E-state index contributed by atoms with van der Waals surface area (Å²) in [5, 5.41) is 2.54. The van der Waals surface area contributed by atoms with E-state index in [9.17, 15) is 0 Å². The van der Waals surface area contributed by atoms with Crippen molar-refractivity contribution in [3.63, 3.8) is 0 Å². The number of fused-ring (bicyclic) bond motifs is 8. The zero-order valence-corrected chi connectivity index (χ0v) is 28.8. The minimum atomic E-state index is -0.462. The van der Waals surface area contributed by atoms with E-state index in [0.717, 1.165) is 17.1 Å². The molecule has 10 rings (SSSR count). The zero-order chi connectivity index (χ0) is 34.2. The molecule has 242 valence electrons. The lowest BCUT2D eigenvalue weighted by Crippen LogP contribution is -2.28. The van der Waals surface area contributed by atoms with Crippen LogP contribution >= 0.6 is 0 Å². The van der Waals surface area contributed by atoms with Gasteiger partial charge in [-0.05, 0) is 103 Å². The van der Waals surface area contributed by atoms with Gasteiger partial charge in [0, 0.05) is 22.5 Å². The molecule has 8 aromatic rings. The Kier molecular flexibility index (Phi) is 6.51. The van der Waals surface area contributed by atoms with E-state index < -0.39 is 5.41 Å². The molecule has 51 heavy (non-hydrogen) atoms. The van der Waals surface area contributed by atoms with Crippen LogP contribution in [-0.2, 0) is 10.8 Å². The lowest BCUT2D eigenvalue weighted by molar-refractivity contribution is 0.660. The summed E-state index contributed by atoms with van der Waals surface area (Å²) in [6.07, 6.45) is 0. The Labute approximate surface area is 300 Å². The standard InChI is InChI=1S/C50H37N/c1-49(2)44-25-15-14-24-41(44)42-29-27-39(33-47(42)49)51(37-21-10-5-11-22-37)38-28-31-45-43(32-38)48-40-23-13-12-16-34(40)26-30-46(48)50(45,35-17-6-3-7-18-35)36-19-8-4-9-20-36/h3-33H,1-2H3. The van der Waals surface area contributed by atoms with Crippen molar-refractivity contribution in [2.24, 2.45) is 0 Å². The molecule has 0 radical (unpaired) electrons. The fourth-order valence-corrected chi connectivity index (χ4v) is 9.25. The van der Waals surface area contributed by atoms with Crippen LogP contribution in [0.3, 0.4) is 0 Å². The second-order valence-corrected chi connectivity index (χ2v) is 14.5. The van der Waals surface area contributed by atoms with Gasteiger partial charge in [0.15, 0.2) is 0 Å². The van der Waals surface area contributed by atoms with Crippen LogP contribution in [0.2, 0.25) is 0 Å². The van der Waals surface area contributed by atoms with Crippen LogP contribution in [-0.4, -0.2) is 0 Å². The summed E-state index contributed by atoms with van der Waals surface area (Å²) < 4.78 is 0. The van der Waals surface area contributed by atoms with Crippen molar-refractivity contribution in [2.75, 3.05) is 4.90 Å². The molecule has 1 nitrogen and oxygen atoms in total. The van der Waals surface area contributed by atoms with E-state index >= 15 is 0 Å². The molecule has 0 N–H and O–H groups in total. The summed E-state index contributed by atoms with van der Waals surface area (Å²) in [4.78, 5) is 2.44. The van der Waals surface area contributed by atoms with Gasteiger partial charge in [0.2, 0.25) is 0 Å². The van der Waals surface area contributed by atoms with Crippen molar-refractivity contribution < 1.29 is 0 Å². The van der Waals surface area contributed by atoms with Crippen molar-refractivity contribution in [3.05, 3.63) is 221 Å². The van der Waals surface area contributed by atoms with Crippen molar-refractivity contribution in [3.8, 4) is 22.3 Å². The lowest BCUT2D eigenvalue weighted by atomic mass is 9.67. The number of nitrogens with zero attached hydrogens (tertiary/aromatic N) is 1. The normalized spacial score (nSPS) is 14.4. The number of hydrogen-bond acceptors (Lipinski definition) is 1. The largest absolute Gasteiger partial charge is 0.310 e. The van der Waals surface area contributed by atoms with Crippen molar-refractivity contribution in [1.29, 1.82) is 0 Å². The molecule has 0 fully saturated rings. The van der Waals surface area contributed by atoms with E-state index in [1.807, 2.05) is 0 Å². The Bertz CT molecular complexity index is 2560. The third-order valence-corrected chi connectivity index (χ3v) is 11.5. The summed E-state index contributed by atoms with van der Waals surface area (Å²) in [5.74, 6) is 0. The molecule has 8 aromatic carbocycles. The van der Waals surface area contributed by atoms with Gasteiger partial charge >= 0.3 is 0 Å². The Hall–Kier alpha value is -6.18. The molecule has 0 saturated heterocycles. The monoisotopic (exact) mass is 651 g/mol. The molecule has 0 aliphatic heterocycles. The molecule has 0 aromatic heterocycles. The maximum atomic E-state index is 2.45. The third kappa shape index (κ3) is 4.22. The van der Waals surface area contributed by atoms with Gasteiger partial charge in [0.25, 0.3) is 0 Å². The topological polar surface area (TPSA) is 3.24 Å².